The van der Waals surface area contributed by atoms with Crippen LogP contribution in [0, 0.1) is 11.6 Å². The summed E-state index contributed by atoms with van der Waals surface area (Å²) in [6, 6.07) is 16.3. The van der Waals surface area contributed by atoms with Gasteiger partial charge in [-0.05, 0) is 54.1 Å². The molecule has 0 spiro atoms. The summed E-state index contributed by atoms with van der Waals surface area (Å²) in [5.74, 6) is -0.256. The molecule has 31 heavy (non-hydrogen) atoms. The maximum absolute atomic E-state index is 13.3. The van der Waals surface area contributed by atoms with Crippen LogP contribution in [0.1, 0.15) is 11.5 Å². The Morgan fingerprint density at radius 2 is 1.77 bits per heavy atom. The molecule has 5 aromatic rings. The SMILES string of the molecule is Fc1ccc(Oc2ccc(-c3noc(Cc4c[nH]c5cccc(Br)c45)n3)cc2)cc1F. The lowest BCUT2D eigenvalue weighted by atomic mass is 10.1. The molecule has 0 aliphatic rings. The first-order valence-electron chi connectivity index (χ1n) is 9.37. The van der Waals surface area contributed by atoms with E-state index in [4.69, 9.17) is 9.26 Å². The number of halogens is 3. The summed E-state index contributed by atoms with van der Waals surface area (Å²) in [6.07, 6.45) is 2.43. The second-order valence-electron chi connectivity index (χ2n) is 6.87. The molecule has 0 radical (unpaired) electrons. The van der Waals surface area contributed by atoms with Crippen LogP contribution in [-0.2, 0) is 6.42 Å². The number of rotatable bonds is 5. The van der Waals surface area contributed by atoms with Gasteiger partial charge < -0.3 is 14.2 Å². The van der Waals surface area contributed by atoms with Gasteiger partial charge in [-0.1, -0.05) is 27.2 Å². The molecule has 0 saturated carbocycles. The van der Waals surface area contributed by atoms with E-state index in [1.54, 1.807) is 24.3 Å². The minimum atomic E-state index is -0.962. The molecule has 0 bridgehead atoms. The van der Waals surface area contributed by atoms with E-state index in [0.717, 1.165) is 38.6 Å². The molecule has 5 nitrogen and oxygen atoms in total. The molecule has 2 aromatic heterocycles. The molecular weight excluding hydrogens is 468 g/mol. The van der Waals surface area contributed by atoms with Gasteiger partial charge in [0.2, 0.25) is 11.7 Å². The second-order valence-corrected chi connectivity index (χ2v) is 7.72. The lowest BCUT2D eigenvalue weighted by Gasteiger charge is -2.06. The van der Waals surface area contributed by atoms with E-state index in [9.17, 15) is 8.78 Å². The number of ether oxygens (including phenoxy) is 1. The standard InChI is InChI=1S/C23H14BrF2N3O2/c24-17-2-1-3-20-22(17)14(12-27-20)10-21-28-23(29-31-21)13-4-6-15(7-5-13)30-16-8-9-18(25)19(26)11-16/h1-9,11-12,27H,10H2. The van der Waals surface area contributed by atoms with Gasteiger partial charge >= 0.3 is 0 Å². The first kappa shape index (κ1) is 19.4. The number of hydrogen-bond acceptors (Lipinski definition) is 4. The average molecular weight is 482 g/mol. The van der Waals surface area contributed by atoms with Crippen LogP contribution in [0.3, 0.4) is 0 Å². The molecule has 0 aliphatic heterocycles. The van der Waals surface area contributed by atoms with Gasteiger partial charge in [0.05, 0.1) is 6.42 Å². The van der Waals surface area contributed by atoms with E-state index >= 15 is 0 Å². The molecule has 0 saturated heterocycles. The summed E-state index contributed by atoms with van der Waals surface area (Å²) in [6.45, 7) is 0. The van der Waals surface area contributed by atoms with Crippen molar-refractivity contribution in [2.75, 3.05) is 0 Å². The van der Waals surface area contributed by atoms with Crippen LogP contribution < -0.4 is 4.74 Å². The lowest BCUT2D eigenvalue weighted by molar-refractivity contribution is 0.386. The number of hydrogen-bond donors (Lipinski definition) is 1. The smallest absolute Gasteiger partial charge is 0.231 e. The molecule has 8 heteroatoms. The third-order valence-corrected chi connectivity index (χ3v) is 5.45. The summed E-state index contributed by atoms with van der Waals surface area (Å²) in [5.41, 5.74) is 2.82. The molecule has 1 N–H and O–H groups in total. The summed E-state index contributed by atoms with van der Waals surface area (Å²) >= 11 is 3.58. The molecule has 0 fully saturated rings. The van der Waals surface area contributed by atoms with Gasteiger partial charge in [-0.15, -0.1) is 0 Å². The number of H-pyrrole nitrogens is 1. The largest absolute Gasteiger partial charge is 0.457 e. The zero-order valence-electron chi connectivity index (χ0n) is 15.9. The Morgan fingerprint density at radius 1 is 0.968 bits per heavy atom. The Balaban J connectivity index is 1.33. The second kappa shape index (κ2) is 7.96. The zero-order valence-corrected chi connectivity index (χ0v) is 17.5. The Labute approximate surface area is 183 Å². The molecule has 0 unspecified atom stereocenters. The van der Waals surface area contributed by atoms with E-state index in [-0.39, 0.29) is 5.75 Å². The lowest BCUT2D eigenvalue weighted by Crippen LogP contribution is -1.89. The predicted octanol–water partition coefficient (Wildman–Crippen LogP) is 6.64. The number of nitrogens with zero attached hydrogens (tertiary/aromatic N) is 2. The van der Waals surface area contributed by atoms with Crippen molar-refractivity contribution in [1.29, 1.82) is 0 Å². The van der Waals surface area contributed by atoms with Crippen LogP contribution in [0.5, 0.6) is 11.5 Å². The number of aromatic nitrogens is 3. The summed E-state index contributed by atoms with van der Waals surface area (Å²) in [4.78, 5) is 7.73. The van der Waals surface area contributed by atoms with Gasteiger partial charge in [0.25, 0.3) is 0 Å². The summed E-state index contributed by atoms with van der Waals surface area (Å²) in [5, 5.41) is 5.15. The van der Waals surface area contributed by atoms with Crippen molar-refractivity contribution in [3.05, 3.63) is 94.4 Å². The number of benzene rings is 3. The predicted molar refractivity (Wildman–Crippen MR) is 115 cm³/mol. The van der Waals surface area contributed by atoms with Crippen molar-refractivity contribution < 1.29 is 18.0 Å². The molecule has 0 amide bonds. The Hall–Kier alpha value is -3.52. The van der Waals surface area contributed by atoms with Gasteiger partial charge in [-0.3, -0.25) is 0 Å². The van der Waals surface area contributed by atoms with E-state index in [1.165, 1.54) is 6.07 Å². The minimum absolute atomic E-state index is 0.207. The normalized spacial score (nSPS) is 11.2. The zero-order chi connectivity index (χ0) is 21.4. The topological polar surface area (TPSA) is 63.9 Å². The molecule has 2 heterocycles. The van der Waals surface area contributed by atoms with Gasteiger partial charge in [-0.2, -0.15) is 4.98 Å². The van der Waals surface area contributed by atoms with Gasteiger partial charge in [-0.25, -0.2) is 8.78 Å². The average Bonchev–Trinajstić information content (AvgIpc) is 3.40. The Morgan fingerprint density at radius 3 is 2.58 bits per heavy atom. The highest BCUT2D eigenvalue weighted by Crippen LogP contribution is 2.29. The molecular formula is C23H14BrF2N3O2. The van der Waals surface area contributed by atoms with E-state index < -0.39 is 11.6 Å². The number of aromatic amines is 1. The Bertz CT molecular complexity index is 1380. The highest BCUT2D eigenvalue weighted by molar-refractivity contribution is 9.10. The first-order chi connectivity index (χ1) is 15.1. The van der Waals surface area contributed by atoms with Crippen LogP contribution in [-0.4, -0.2) is 15.1 Å². The van der Waals surface area contributed by atoms with Crippen LogP contribution in [0.2, 0.25) is 0 Å². The van der Waals surface area contributed by atoms with E-state index in [2.05, 4.69) is 31.1 Å². The fourth-order valence-electron chi connectivity index (χ4n) is 3.30. The first-order valence-corrected chi connectivity index (χ1v) is 10.2. The third-order valence-electron chi connectivity index (χ3n) is 4.79. The fourth-order valence-corrected chi connectivity index (χ4v) is 3.92. The van der Waals surface area contributed by atoms with E-state index in [1.807, 2.05) is 24.4 Å². The quantitative estimate of drug-likeness (QED) is 0.305. The molecule has 0 aliphatic carbocycles. The van der Waals surface area contributed by atoms with Crippen molar-refractivity contribution >= 4 is 26.8 Å². The fraction of sp³-hybridized carbons (Fsp3) is 0.0435. The van der Waals surface area contributed by atoms with Crippen LogP contribution >= 0.6 is 15.9 Å². The Kier molecular flexibility index (Phi) is 4.99. The maximum Gasteiger partial charge on any atom is 0.231 e. The van der Waals surface area contributed by atoms with Crippen molar-refractivity contribution in [1.82, 2.24) is 15.1 Å². The van der Waals surface area contributed by atoms with Crippen molar-refractivity contribution in [2.24, 2.45) is 0 Å². The minimum Gasteiger partial charge on any atom is -0.457 e. The van der Waals surface area contributed by atoms with E-state index in [0.29, 0.717) is 23.9 Å². The monoisotopic (exact) mass is 481 g/mol. The van der Waals surface area contributed by atoms with Crippen LogP contribution in [0.4, 0.5) is 8.78 Å². The molecule has 5 rings (SSSR count). The van der Waals surface area contributed by atoms with Crippen LogP contribution in [0.25, 0.3) is 22.3 Å². The highest BCUT2D eigenvalue weighted by Gasteiger charge is 2.14. The highest BCUT2D eigenvalue weighted by atomic mass is 79.9. The molecule has 154 valence electrons. The third kappa shape index (κ3) is 3.94. The number of fused-ring (bicyclic) bond motifs is 1. The number of nitrogens with one attached hydrogen (secondary N) is 1. The van der Waals surface area contributed by atoms with Gasteiger partial charge in [0.1, 0.15) is 11.5 Å². The summed E-state index contributed by atoms with van der Waals surface area (Å²) < 4.78 is 38.3. The molecule has 3 aromatic carbocycles. The van der Waals surface area contributed by atoms with Crippen LogP contribution in [0.15, 0.2) is 75.9 Å². The summed E-state index contributed by atoms with van der Waals surface area (Å²) in [7, 11) is 0. The molecule has 0 atom stereocenters. The van der Waals surface area contributed by atoms with Crippen molar-refractivity contribution in [3.8, 4) is 22.9 Å². The van der Waals surface area contributed by atoms with Gasteiger partial charge in [0.15, 0.2) is 11.6 Å². The van der Waals surface area contributed by atoms with Gasteiger partial charge in [0, 0.05) is 33.2 Å². The maximum atomic E-state index is 13.3. The van der Waals surface area contributed by atoms with Crippen molar-refractivity contribution in [3.63, 3.8) is 0 Å². The van der Waals surface area contributed by atoms with Crippen molar-refractivity contribution in [2.45, 2.75) is 6.42 Å².